The molecule has 9 rings (SSSR count). The Morgan fingerprint density at radius 3 is 1.75 bits per heavy atom. The van der Waals surface area contributed by atoms with Gasteiger partial charge in [0.1, 0.15) is 19.8 Å². The number of hydrogen-bond donors (Lipinski definition) is 4. The summed E-state index contributed by atoms with van der Waals surface area (Å²) in [5, 5.41) is 30.2. The first-order valence-corrected chi connectivity index (χ1v) is 25.7. The Kier molecular flexibility index (Phi) is 13.4. The normalized spacial score (nSPS) is 31.8. The third kappa shape index (κ3) is 8.89. The molecule has 0 heterocycles. The summed E-state index contributed by atoms with van der Waals surface area (Å²) in [5.74, 6) is 1.46. The molecule has 4 fully saturated rings. The molecule has 2 amide bonds. The van der Waals surface area contributed by atoms with Crippen LogP contribution in [-0.2, 0) is 24.6 Å². The summed E-state index contributed by atoms with van der Waals surface area (Å²) >= 11 is 0. The zero-order valence-corrected chi connectivity index (χ0v) is 42.1. The molecular formula is C60H76N2O7. The van der Waals surface area contributed by atoms with Crippen molar-refractivity contribution in [2.75, 3.05) is 13.1 Å². The van der Waals surface area contributed by atoms with Crippen molar-refractivity contribution in [3.8, 4) is 17.2 Å². The molecule has 4 aromatic carbocycles. The molecule has 0 bridgehead atoms. The van der Waals surface area contributed by atoms with E-state index < -0.39 is 11.5 Å². The van der Waals surface area contributed by atoms with Crippen LogP contribution in [0.2, 0.25) is 0 Å². The summed E-state index contributed by atoms with van der Waals surface area (Å²) in [5.41, 5.74) is 3.28. The van der Waals surface area contributed by atoms with Gasteiger partial charge in [-0.15, -0.1) is 0 Å². The summed E-state index contributed by atoms with van der Waals surface area (Å²) in [6.45, 7) is 17.8. The first-order chi connectivity index (χ1) is 32.9. The first kappa shape index (κ1) is 48.9. The van der Waals surface area contributed by atoms with Gasteiger partial charge >= 0.3 is 0 Å². The number of allylic oxidation sites excluding steroid dienone is 2. The molecule has 0 saturated heterocycles. The number of aliphatic hydroxyl groups is 2. The largest absolute Gasteiger partial charge is 0.485 e. The summed E-state index contributed by atoms with van der Waals surface area (Å²) < 4.78 is 19.3. The number of ether oxygens (including phenoxy) is 3. The van der Waals surface area contributed by atoms with E-state index in [0.29, 0.717) is 47.5 Å². The molecule has 5 aliphatic rings. The van der Waals surface area contributed by atoms with Crippen molar-refractivity contribution < 1.29 is 34.0 Å². The molecule has 9 nitrogen and oxygen atoms in total. The van der Waals surface area contributed by atoms with Gasteiger partial charge in [0.2, 0.25) is 11.7 Å². The van der Waals surface area contributed by atoms with Crippen LogP contribution in [0.25, 0.3) is 0 Å². The Bertz CT molecular complexity index is 2440. The molecule has 368 valence electrons. The second-order valence-electron chi connectivity index (χ2n) is 23.5. The average molecular weight is 937 g/mol. The standard InChI is InChI=1S/C60H76N2O7/c1-55(2)29-30-60(45(35-55)44-23-24-49-57(5)27-26-50(63)56(3,4)48(57)25-28-58(49,6)59(44,7)36-51(60)64)54(66)62-32-31-61-53(65)43-33-46(67-37-40-17-11-8-12-18-40)52(69-39-42-21-15-10-16-22-42)47(34-43)68-38-41-19-13-9-14-20-41/h8-23,33-34,45,48-51,63-64H,24-32,35-39H2,1-7H3,(H,61,65)(H,62,66)/t45-,48-,49+,50-,51+,57-,58+,59+,60+/m0/s1. The van der Waals surface area contributed by atoms with Gasteiger partial charge in [0.15, 0.2) is 11.5 Å². The lowest BCUT2D eigenvalue weighted by Crippen LogP contribution is -2.68. The molecule has 9 heteroatoms. The van der Waals surface area contributed by atoms with E-state index in [2.05, 4.69) is 65.2 Å². The number of nitrogens with one attached hydrogen (secondary N) is 2. The van der Waals surface area contributed by atoms with E-state index in [9.17, 15) is 19.8 Å². The number of carbonyl (C=O) groups is 2. The van der Waals surface area contributed by atoms with Crippen LogP contribution in [0.3, 0.4) is 0 Å². The maximum atomic E-state index is 15.0. The Morgan fingerprint density at radius 2 is 1.17 bits per heavy atom. The average Bonchev–Trinajstić information content (AvgIpc) is 3.33. The third-order valence-corrected chi connectivity index (χ3v) is 18.8. The molecule has 4 aromatic rings. The fourth-order valence-electron chi connectivity index (χ4n) is 14.6. The van der Waals surface area contributed by atoms with E-state index in [1.807, 2.05) is 91.0 Å². The molecule has 0 aliphatic heterocycles. The number of amides is 2. The lowest BCUT2D eigenvalue weighted by molar-refractivity contribution is -0.215. The second kappa shape index (κ2) is 18.9. The predicted octanol–water partition coefficient (Wildman–Crippen LogP) is 11.4. The van der Waals surface area contributed by atoms with Gasteiger partial charge in [-0.2, -0.15) is 0 Å². The van der Waals surface area contributed by atoms with Crippen LogP contribution >= 0.6 is 0 Å². The van der Waals surface area contributed by atoms with Crippen molar-refractivity contribution in [2.24, 2.45) is 50.2 Å². The van der Waals surface area contributed by atoms with Gasteiger partial charge in [-0.25, -0.2) is 0 Å². The lowest BCUT2D eigenvalue weighted by atomic mass is 9.33. The summed E-state index contributed by atoms with van der Waals surface area (Å²) in [6.07, 6.45) is 9.20. The number of carbonyl (C=O) groups excluding carboxylic acids is 2. The van der Waals surface area contributed by atoms with Crippen LogP contribution in [-0.4, -0.2) is 47.3 Å². The van der Waals surface area contributed by atoms with Crippen LogP contribution in [0.1, 0.15) is 133 Å². The monoisotopic (exact) mass is 937 g/mol. The maximum Gasteiger partial charge on any atom is 0.251 e. The smallest absolute Gasteiger partial charge is 0.251 e. The minimum atomic E-state index is -0.961. The molecular weight excluding hydrogens is 861 g/mol. The van der Waals surface area contributed by atoms with Crippen LogP contribution in [0.15, 0.2) is 115 Å². The number of fused-ring (bicyclic) bond motifs is 7. The van der Waals surface area contributed by atoms with E-state index in [1.54, 1.807) is 12.1 Å². The molecule has 5 aliphatic carbocycles. The number of rotatable bonds is 14. The van der Waals surface area contributed by atoms with Gasteiger partial charge in [-0.1, -0.05) is 151 Å². The highest BCUT2D eigenvalue weighted by Crippen LogP contribution is 2.75. The number of aliphatic hydroxyl groups excluding tert-OH is 2. The SMILES string of the molecule is CC1(C)CC[C@]2(C(=O)NCCNC(=O)c3cc(OCc4ccccc4)c(OCc4ccccc4)c(OCc4ccccc4)c3)[C@H](O)C[C@]3(C)C(=CC[C@@H]4[C@@]5(C)CC[C@H](O)C(C)(C)[C@@H]5CC[C@]43C)[C@@H]2C1. The Labute approximate surface area is 410 Å². The van der Waals surface area contributed by atoms with Crippen molar-refractivity contribution in [2.45, 2.75) is 138 Å². The van der Waals surface area contributed by atoms with E-state index in [1.165, 1.54) is 5.57 Å². The van der Waals surface area contributed by atoms with Gasteiger partial charge in [0.05, 0.1) is 17.6 Å². The maximum absolute atomic E-state index is 15.0. The number of hydrogen-bond acceptors (Lipinski definition) is 7. The molecule has 0 aromatic heterocycles. The highest BCUT2D eigenvalue weighted by Gasteiger charge is 2.71. The summed E-state index contributed by atoms with van der Waals surface area (Å²) in [4.78, 5) is 29.1. The van der Waals surface area contributed by atoms with E-state index >= 15 is 0 Å². The van der Waals surface area contributed by atoms with Crippen molar-refractivity contribution >= 4 is 11.8 Å². The molecule has 0 spiro atoms. The minimum Gasteiger partial charge on any atom is -0.485 e. The fourth-order valence-corrected chi connectivity index (χ4v) is 14.6. The quantitative estimate of drug-likeness (QED) is 0.0733. The second-order valence-corrected chi connectivity index (χ2v) is 23.5. The van der Waals surface area contributed by atoms with Crippen LogP contribution in [0.4, 0.5) is 0 Å². The van der Waals surface area contributed by atoms with Crippen LogP contribution in [0.5, 0.6) is 17.2 Å². The van der Waals surface area contributed by atoms with Gasteiger partial charge in [-0.3, -0.25) is 9.59 Å². The highest BCUT2D eigenvalue weighted by atomic mass is 16.5. The molecule has 69 heavy (non-hydrogen) atoms. The van der Waals surface area contributed by atoms with Crippen molar-refractivity contribution in [1.29, 1.82) is 0 Å². The van der Waals surface area contributed by atoms with E-state index in [4.69, 9.17) is 14.2 Å². The summed E-state index contributed by atoms with van der Waals surface area (Å²) in [7, 11) is 0. The zero-order valence-electron chi connectivity index (χ0n) is 42.1. The Hall–Kier alpha value is -5.12. The van der Waals surface area contributed by atoms with Crippen LogP contribution in [0, 0.1) is 50.2 Å². The number of benzene rings is 4. The first-order valence-electron chi connectivity index (χ1n) is 25.7. The Balaban J connectivity index is 0.939. The van der Waals surface area contributed by atoms with Gasteiger partial charge in [0, 0.05) is 18.7 Å². The lowest BCUT2D eigenvalue weighted by Gasteiger charge is -2.71. The Morgan fingerprint density at radius 1 is 0.623 bits per heavy atom. The highest BCUT2D eigenvalue weighted by molar-refractivity contribution is 5.95. The van der Waals surface area contributed by atoms with Gasteiger partial charge in [-0.05, 0) is 131 Å². The summed E-state index contributed by atoms with van der Waals surface area (Å²) in [6, 6.07) is 33.0. The van der Waals surface area contributed by atoms with E-state index in [-0.39, 0.29) is 83.8 Å². The molecule has 9 atom stereocenters. The third-order valence-electron chi connectivity index (χ3n) is 18.8. The van der Waals surface area contributed by atoms with E-state index in [0.717, 1.165) is 61.6 Å². The molecule has 0 unspecified atom stereocenters. The van der Waals surface area contributed by atoms with Gasteiger partial charge < -0.3 is 35.1 Å². The minimum absolute atomic E-state index is 0.0155. The van der Waals surface area contributed by atoms with Crippen molar-refractivity contribution in [3.63, 3.8) is 0 Å². The molecule has 4 saturated carbocycles. The van der Waals surface area contributed by atoms with Crippen molar-refractivity contribution in [3.05, 3.63) is 137 Å². The van der Waals surface area contributed by atoms with Crippen LogP contribution < -0.4 is 24.8 Å². The zero-order chi connectivity index (χ0) is 48.8. The van der Waals surface area contributed by atoms with Crippen molar-refractivity contribution in [1.82, 2.24) is 10.6 Å². The molecule has 0 radical (unpaired) electrons. The topological polar surface area (TPSA) is 126 Å². The molecule has 4 N–H and O–H groups in total. The predicted molar refractivity (Wildman–Crippen MR) is 271 cm³/mol. The fraction of sp³-hybridized carbons (Fsp3) is 0.533. The van der Waals surface area contributed by atoms with Gasteiger partial charge in [0.25, 0.3) is 5.91 Å².